The van der Waals surface area contributed by atoms with E-state index in [1.165, 1.54) is 4.90 Å². The Morgan fingerprint density at radius 3 is 2.34 bits per heavy atom. The molecule has 0 spiro atoms. The molecule has 0 radical (unpaired) electrons. The Kier molecular flexibility index (Phi) is 7.16. The number of benzene rings is 2. The summed E-state index contributed by atoms with van der Waals surface area (Å²) in [6.07, 6.45) is -6.95. The number of carbonyl (C=O) groups excluding carboxylic acids is 2. The first-order valence-electron chi connectivity index (χ1n) is 13.9. The van der Waals surface area contributed by atoms with Crippen LogP contribution in [0.5, 0.6) is 0 Å². The molecule has 2 aliphatic heterocycles. The molecular weight excluding hydrogens is 592 g/mol. The van der Waals surface area contributed by atoms with Crippen molar-refractivity contribution in [1.82, 2.24) is 24.6 Å². The van der Waals surface area contributed by atoms with E-state index in [-0.39, 0.29) is 49.3 Å². The molecule has 232 valence electrons. The molecule has 3 aliphatic rings. The van der Waals surface area contributed by atoms with Gasteiger partial charge in [-0.05, 0) is 35.6 Å². The van der Waals surface area contributed by atoms with E-state index in [1.54, 1.807) is 0 Å². The Labute approximate surface area is 247 Å². The predicted molar refractivity (Wildman–Crippen MR) is 143 cm³/mol. The number of aliphatic imine (C=N–C) groups is 1. The first kappa shape index (κ1) is 29.6. The van der Waals surface area contributed by atoms with E-state index in [0.29, 0.717) is 12.3 Å². The molecule has 2 aromatic carbocycles. The molecule has 0 unspecified atom stereocenters. The van der Waals surface area contributed by atoms with Crippen molar-refractivity contribution in [2.45, 2.75) is 63.2 Å². The molecule has 1 saturated carbocycles. The monoisotopic (exact) mass is 619 g/mol. The zero-order chi connectivity index (χ0) is 31.4. The maximum Gasteiger partial charge on any atom is 0.451 e. The van der Waals surface area contributed by atoms with Gasteiger partial charge in [-0.3, -0.25) is 14.5 Å². The fourth-order valence-corrected chi connectivity index (χ4v) is 5.92. The van der Waals surface area contributed by atoms with Gasteiger partial charge >= 0.3 is 12.4 Å². The zero-order valence-corrected chi connectivity index (χ0v) is 23.2. The van der Waals surface area contributed by atoms with Crippen LogP contribution >= 0.6 is 0 Å². The van der Waals surface area contributed by atoms with Crippen LogP contribution in [0.1, 0.15) is 64.4 Å². The number of guanidine groups is 1. The van der Waals surface area contributed by atoms with Crippen LogP contribution in [-0.4, -0.2) is 48.9 Å². The van der Waals surface area contributed by atoms with Crippen LogP contribution in [0, 0.1) is 5.92 Å². The van der Waals surface area contributed by atoms with Gasteiger partial charge in [0.15, 0.2) is 11.8 Å². The summed E-state index contributed by atoms with van der Waals surface area (Å²) in [5.74, 6) is -2.49. The fourth-order valence-electron chi connectivity index (χ4n) is 5.92. The Bertz CT molecular complexity index is 1630. The van der Waals surface area contributed by atoms with Crippen LogP contribution in [0.25, 0.3) is 0 Å². The molecule has 9 nitrogen and oxygen atoms in total. The number of carbonyl (C=O) groups is 2. The topological polar surface area (TPSA) is 110 Å². The number of halogens is 6. The van der Waals surface area contributed by atoms with E-state index in [2.05, 4.69) is 10.2 Å². The Hall–Kier alpha value is -4.43. The van der Waals surface area contributed by atoms with Crippen LogP contribution in [0.3, 0.4) is 0 Å². The molecule has 0 saturated heterocycles. The van der Waals surface area contributed by atoms with Crippen LogP contribution in [-0.2, 0) is 42.3 Å². The van der Waals surface area contributed by atoms with E-state index in [9.17, 15) is 35.9 Å². The molecule has 3 heterocycles. The van der Waals surface area contributed by atoms with Crippen LogP contribution < -0.4 is 5.73 Å². The molecule has 0 bridgehead atoms. The number of nitrogens with zero attached hydrogens (tertiary/aromatic N) is 6. The Balaban J connectivity index is 1.28. The van der Waals surface area contributed by atoms with E-state index in [4.69, 9.17) is 10.7 Å². The smallest absolute Gasteiger partial charge is 0.369 e. The van der Waals surface area contributed by atoms with Gasteiger partial charge in [0.25, 0.3) is 5.91 Å². The molecule has 2 N–H and O–H groups in total. The molecular formula is C29H27F6N7O2. The molecule has 3 aromatic rings. The molecule has 15 heteroatoms. The van der Waals surface area contributed by atoms with Crippen molar-refractivity contribution in [3.8, 4) is 0 Å². The van der Waals surface area contributed by atoms with Gasteiger partial charge in [0.2, 0.25) is 11.7 Å². The molecule has 1 atom stereocenters. The van der Waals surface area contributed by atoms with Gasteiger partial charge in [-0.1, -0.05) is 49.2 Å². The number of nitrogens with two attached hydrogens (primary N) is 1. The Morgan fingerprint density at radius 2 is 1.70 bits per heavy atom. The quantitative estimate of drug-likeness (QED) is 0.402. The number of amides is 2. The summed E-state index contributed by atoms with van der Waals surface area (Å²) in [5, 5.41) is 6.64. The van der Waals surface area contributed by atoms with E-state index < -0.39 is 47.3 Å². The van der Waals surface area contributed by atoms with Gasteiger partial charge < -0.3 is 15.2 Å². The van der Waals surface area contributed by atoms with Crippen LogP contribution in [0.4, 0.5) is 26.3 Å². The van der Waals surface area contributed by atoms with Crippen molar-refractivity contribution in [3.63, 3.8) is 0 Å². The number of rotatable bonds is 6. The van der Waals surface area contributed by atoms with E-state index in [0.717, 1.165) is 46.1 Å². The summed E-state index contributed by atoms with van der Waals surface area (Å²) in [7, 11) is 0. The second-order valence-electron chi connectivity index (χ2n) is 11.4. The second-order valence-corrected chi connectivity index (χ2v) is 11.4. The van der Waals surface area contributed by atoms with Crippen molar-refractivity contribution in [2.75, 3.05) is 6.54 Å². The summed E-state index contributed by atoms with van der Waals surface area (Å²) in [5.41, 5.74) is 4.61. The van der Waals surface area contributed by atoms with Gasteiger partial charge in [-0.2, -0.15) is 26.3 Å². The van der Waals surface area contributed by atoms with Crippen molar-refractivity contribution in [1.29, 1.82) is 0 Å². The normalized spacial score (nSPS) is 20.9. The average Bonchev–Trinajstić information content (AvgIpc) is 3.67. The van der Waals surface area contributed by atoms with Gasteiger partial charge in [0.1, 0.15) is 0 Å². The highest BCUT2D eigenvalue weighted by atomic mass is 19.4. The second kappa shape index (κ2) is 10.6. The third kappa shape index (κ3) is 5.62. The summed E-state index contributed by atoms with van der Waals surface area (Å²) < 4.78 is 82.4. The summed E-state index contributed by atoms with van der Waals surface area (Å²) in [6, 6.07) is 12.3. The highest BCUT2D eigenvalue weighted by Gasteiger charge is 2.45. The SMILES string of the molecule is NC1=N[C@](CC2CC2)(c2ccccc2)CC(=O)N1Cc1ccc(C(F)(F)F)c(C(=O)N2CCn3c(nnc3C(F)(F)F)C2)c1. The summed E-state index contributed by atoms with van der Waals surface area (Å²) in [6.45, 7) is -1.33. The largest absolute Gasteiger partial charge is 0.451 e. The fraction of sp³-hybridized carbons (Fsp3) is 0.414. The van der Waals surface area contributed by atoms with Gasteiger partial charge in [-0.25, -0.2) is 4.99 Å². The highest BCUT2D eigenvalue weighted by Crippen LogP contribution is 2.46. The third-order valence-corrected chi connectivity index (χ3v) is 8.24. The average molecular weight is 620 g/mol. The lowest BCUT2D eigenvalue weighted by atomic mass is 9.81. The van der Waals surface area contributed by atoms with Crippen LogP contribution in [0.2, 0.25) is 0 Å². The number of fused-ring (bicyclic) bond motifs is 1. The summed E-state index contributed by atoms with van der Waals surface area (Å²) in [4.78, 5) is 33.9. The number of alkyl halides is 6. The number of hydrogen-bond acceptors (Lipinski definition) is 6. The standard InChI is InChI=1S/C29H27F6N7O2/c30-28(31,32)21-9-8-18(12-20(21)24(44)40-10-11-41-22(16-40)38-39-25(41)29(33,34)35)15-42-23(43)14-27(37-26(42)36,13-17-6-7-17)19-4-2-1-3-5-19/h1-5,8-9,12,17H,6-7,10-11,13-16H2,(H2,36,37)/t27-/m0/s1. The number of hydrogen-bond donors (Lipinski definition) is 1. The maximum absolute atomic E-state index is 14.0. The molecule has 6 rings (SSSR count). The molecule has 2 amide bonds. The van der Waals surface area contributed by atoms with Crippen LogP contribution in [0.15, 0.2) is 53.5 Å². The van der Waals surface area contributed by atoms with E-state index >= 15 is 0 Å². The molecule has 1 fully saturated rings. The summed E-state index contributed by atoms with van der Waals surface area (Å²) >= 11 is 0. The van der Waals surface area contributed by atoms with Gasteiger partial charge in [-0.15, -0.1) is 10.2 Å². The minimum absolute atomic E-state index is 0.0228. The lowest BCUT2D eigenvalue weighted by molar-refractivity contribution is -0.148. The lowest BCUT2D eigenvalue weighted by Gasteiger charge is -2.38. The van der Waals surface area contributed by atoms with Gasteiger partial charge in [0.05, 0.1) is 36.2 Å². The molecule has 44 heavy (non-hydrogen) atoms. The minimum Gasteiger partial charge on any atom is -0.369 e. The van der Waals surface area contributed by atoms with Gasteiger partial charge in [0, 0.05) is 13.1 Å². The van der Waals surface area contributed by atoms with Crippen molar-refractivity contribution < 1.29 is 35.9 Å². The van der Waals surface area contributed by atoms with E-state index in [1.807, 2.05) is 30.3 Å². The zero-order valence-electron chi connectivity index (χ0n) is 23.2. The Morgan fingerprint density at radius 1 is 0.977 bits per heavy atom. The third-order valence-electron chi connectivity index (χ3n) is 8.24. The highest BCUT2D eigenvalue weighted by molar-refractivity contribution is 5.99. The molecule has 1 aliphatic carbocycles. The first-order chi connectivity index (χ1) is 20.7. The first-order valence-corrected chi connectivity index (χ1v) is 13.9. The van der Waals surface area contributed by atoms with Crippen molar-refractivity contribution in [3.05, 3.63) is 82.4 Å². The van der Waals surface area contributed by atoms with Crippen molar-refractivity contribution in [2.24, 2.45) is 16.6 Å². The minimum atomic E-state index is -4.90. The maximum atomic E-state index is 14.0. The number of aromatic nitrogens is 3. The lowest BCUT2D eigenvalue weighted by Crippen LogP contribution is -2.50. The molecule has 1 aromatic heterocycles. The van der Waals surface area contributed by atoms with Crippen molar-refractivity contribution >= 4 is 17.8 Å². The predicted octanol–water partition coefficient (Wildman–Crippen LogP) is 4.71.